The van der Waals surface area contributed by atoms with Crippen molar-refractivity contribution in [1.29, 1.82) is 0 Å². The van der Waals surface area contributed by atoms with E-state index in [0.29, 0.717) is 17.9 Å². The Bertz CT molecular complexity index is 1390. The number of carbonyl (C=O) groups excluding carboxylic acids is 1. The van der Waals surface area contributed by atoms with Gasteiger partial charge in [-0.3, -0.25) is 13.9 Å². The van der Waals surface area contributed by atoms with Gasteiger partial charge >= 0.3 is 0 Å². The number of rotatable bonds is 6. The number of aromatic nitrogens is 6. The van der Waals surface area contributed by atoms with Crippen LogP contribution in [0.25, 0.3) is 17.0 Å². The zero-order chi connectivity index (χ0) is 24.6. The summed E-state index contributed by atoms with van der Waals surface area (Å²) in [6.45, 7) is 9.11. The predicted molar refractivity (Wildman–Crippen MR) is 136 cm³/mol. The summed E-state index contributed by atoms with van der Waals surface area (Å²) in [4.78, 5) is 22.7. The van der Waals surface area contributed by atoms with Gasteiger partial charge in [-0.15, -0.1) is 10.5 Å². The standard InChI is InChI=1S/C24H31N7O2S/c1-8-34(24(2,3)4)21-14-31-19(12-25-22(31)10-20(21)33-7)17-9-18(30(6)28-17)23(32)26-11-16-13-29(5)15-27-16/h8-10,12-15H,11H2,1-7H3,(H,26,32). The van der Waals surface area contributed by atoms with Crippen LogP contribution in [-0.2, 0) is 20.6 Å². The molecular formula is C24H31N7O2S. The fraction of sp³-hybridized carbons (Fsp3) is 0.375. The van der Waals surface area contributed by atoms with Crippen LogP contribution in [0.5, 0.6) is 5.75 Å². The number of methoxy groups -OCH3 is 1. The summed E-state index contributed by atoms with van der Waals surface area (Å²) in [5.74, 6) is 0.606. The number of nitrogens with zero attached hydrogens (tertiary/aromatic N) is 6. The Kier molecular flexibility index (Phi) is 6.35. The minimum Gasteiger partial charge on any atom is -0.495 e. The van der Waals surface area contributed by atoms with Crippen molar-refractivity contribution >= 4 is 27.4 Å². The van der Waals surface area contributed by atoms with Gasteiger partial charge in [-0.1, -0.05) is 26.1 Å². The van der Waals surface area contributed by atoms with Crippen molar-refractivity contribution in [3.8, 4) is 17.1 Å². The van der Waals surface area contributed by atoms with Crippen LogP contribution < -0.4 is 10.1 Å². The predicted octanol–water partition coefficient (Wildman–Crippen LogP) is 3.66. The van der Waals surface area contributed by atoms with Crippen molar-refractivity contribution in [2.24, 2.45) is 14.1 Å². The van der Waals surface area contributed by atoms with Crippen molar-refractivity contribution in [3.05, 3.63) is 48.4 Å². The molecule has 1 atom stereocenters. The highest BCUT2D eigenvalue weighted by Gasteiger charge is 2.23. The van der Waals surface area contributed by atoms with E-state index in [1.807, 2.05) is 28.3 Å². The molecular weight excluding hydrogens is 450 g/mol. The normalized spacial score (nSPS) is 12.9. The second-order valence-electron chi connectivity index (χ2n) is 9.02. The number of nitrogens with one attached hydrogen (secondary N) is 1. The van der Waals surface area contributed by atoms with Crippen LogP contribution in [0.15, 0.2) is 41.9 Å². The summed E-state index contributed by atoms with van der Waals surface area (Å²) >= 11 is 0. The summed E-state index contributed by atoms with van der Waals surface area (Å²) in [6.07, 6.45) is 7.44. The van der Waals surface area contributed by atoms with Crippen LogP contribution >= 0.6 is 10.5 Å². The quantitative estimate of drug-likeness (QED) is 0.425. The molecule has 10 heteroatoms. The van der Waals surface area contributed by atoms with E-state index in [-0.39, 0.29) is 21.1 Å². The van der Waals surface area contributed by atoms with Gasteiger partial charge in [0.25, 0.3) is 5.91 Å². The van der Waals surface area contributed by atoms with E-state index in [2.05, 4.69) is 59.6 Å². The Morgan fingerprint density at radius 2 is 1.97 bits per heavy atom. The molecule has 0 fully saturated rings. The van der Waals surface area contributed by atoms with Gasteiger partial charge in [-0.05, 0) is 13.0 Å². The van der Waals surface area contributed by atoms with Crippen LogP contribution in [0.3, 0.4) is 0 Å². The van der Waals surface area contributed by atoms with E-state index in [1.54, 1.807) is 37.4 Å². The number of ether oxygens (including phenoxy) is 1. The molecule has 0 aliphatic heterocycles. The summed E-state index contributed by atoms with van der Waals surface area (Å²) in [7, 11) is 5.20. The minimum absolute atomic E-state index is 0.0420. The van der Waals surface area contributed by atoms with Crippen LogP contribution in [0.1, 0.15) is 43.9 Å². The summed E-state index contributed by atoms with van der Waals surface area (Å²) < 4.78 is 11.2. The first kappa shape index (κ1) is 23.7. The third-order valence-electron chi connectivity index (χ3n) is 5.49. The first-order valence-electron chi connectivity index (χ1n) is 11.0. The number of carbonyl (C=O) groups is 1. The lowest BCUT2D eigenvalue weighted by atomic mass is 10.2. The highest BCUT2D eigenvalue weighted by atomic mass is 32.2. The number of aryl methyl sites for hydroxylation is 2. The molecule has 34 heavy (non-hydrogen) atoms. The van der Waals surface area contributed by atoms with Gasteiger partial charge < -0.3 is 14.6 Å². The van der Waals surface area contributed by atoms with Crippen molar-refractivity contribution in [2.75, 3.05) is 7.11 Å². The lowest BCUT2D eigenvalue weighted by molar-refractivity contribution is 0.0941. The molecule has 9 nitrogen and oxygen atoms in total. The van der Waals surface area contributed by atoms with Crippen molar-refractivity contribution in [3.63, 3.8) is 0 Å². The van der Waals surface area contributed by atoms with Gasteiger partial charge in [-0.2, -0.15) is 5.10 Å². The maximum absolute atomic E-state index is 12.8. The monoisotopic (exact) mass is 481 g/mol. The average molecular weight is 482 g/mol. The number of hydrogen-bond acceptors (Lipinski definition) is 5. The molecule has 0 saturated heterocycles. The molecule has 0 spiro atoms. The third kappa shape index (κ3) is 4.50. The highest BCUT2D eigenvalue weighted by molar-refractivity contribution is 8.16. The Morgan fingerprint density at radius 1 is 1.21 bits per heavy atom. The van der Waals surface area contributed by atoms with E-state index >= 15 is 0 Å². The van der Waals surface area contributed by atoms with Gasteiger partial charge in [0.1, 0.15) is 22.8 Å². The summed E-state index contributed by atoms with van der Waals surface area (Å²) in [6, 6.07) is 3.74. The number of amides is 1. The van der Waals surface area contributed by atoms with Crippen molar-refractivity contribution < 1.29 is 9.53 Å². The number of fused-ring (bicyclic) bond motifs is 1. The third-order valence-corrected chi connectivity index (χ3v) is 8.06. The van der Waals surface area contributed by atoms with Gasteiger partial charge in [0.2, 0.25) is 0 Å². The van der Waals surface area contributed by atoms with E-state index in [9.17, 15) is 4.79 Å². The summed E-state index contributed by atoms with van der Waals surface area (Å²) in [5, 5.41) is 9.75. The van der Waals surface area contributed by atoms with Crippen LogP contribution in [0.2, 0.25) is 0 Å². The first-order chi connectivity index (χ1) is 16.1. The smallest absolute Gasteiger partial charge is 0.269 e. The molecule has 1 N–H and O–H groups in total. The molecule has 1 amide bonds. The molecule has 0 saturated carbocycles. The largest absolute Gasteiger partial charge is 0.495 e. The molecule has 4 aromatic rings. The Hall–Kier alpha value is -3.40. The fourth-order valence-corrected chi connectivity index (χ4v) is 6.13. The van der Waals surface area contributed by atoms with Crippen molar-refractivity contribution in [2.45, 2.75) is 43.9 Å². The van der Waals surface area contributed by atoms with Crippen LogP contribution in [0, 0.1) is 0 Å². The molecule has 0 bridgehead atoms. The maximum Gasteiger partial charge on any atom is 0.269 e. The lowest BCUT2D eigenvalue weighted by Gasteiger charge is -2.26. The highest BCUT2D eigenvalue weighted by Crippen LogP contribution is 2.44. The molecule has 1 unspecified atom stereocenters. The molecule has 0 radical (unpaired) electrons. The van der Waals surface area contributed by atoms with Gasteiger partial charge in [0.15, 0.2) is 0 Å². The first-order valence-corrected chi connectivity index (χ1v) is 12.3. The number of imidazole rings is 2. The zero-order valence-electron chi connectivity index (χ0n) is 20.7. The fourth-order valence-electron chi connectivity index (χ4n) is 3.94. The van der Waals surface area contributed by atoms with Crippen molar-refractivity contribution in [1.82, 2.24) is 34.0 Å². The van der Waals surface area contributed by atoms with Gasteiger partial charge in [-0.25, -0.2) is 9.97 Å². The number of hydrogen-bond donors (Lipinski definition) is 1. The van der Waals surface area contributed by atoms with E-state index in [4.69, 9.17) is 4.74 Å². The van der Waals surface area contributed by atoms with Crippen LogP contribution in [-0.4, -0.2) is 51.8 Å². The minimum atomic E-state index is -0.210. The second-order valence-corrected chi connectivity index (χ2v) is 11.8. The van der Waals surface area contributed by atoms with Gasteiger partial charge in [0.05, 0.1) is 42.5 Å². The molecule has 0 aliphatic rings. The molecule has 180 valence electrons. The van der Waals surface area contributed by atoms with Gasteiger partial charge in [0, 0.05) is 37.3 Å². The molecule has 4 heterocycles. The summed E-state index contributed by atoms with van der Waals surface area (Å²) in [5.41, 5.74) is 3.50. The van der Waals surface area contributed by atoms with Crippen LogP contribution in [0.4, 0.5) is 0 Å². The topological polar surface area (TPSA) is 91.3 Å². The molecule has 4 rings (SSSR count). The Morgan fingerprint density at radius 3 is 2.59 bits per heavy atom. The SMILES string of the molecule is C/C=S(/c1cn2c(-c3cc(C(=O)NCc4cn(C)cn4)n(C)n3)cnc2cc1OC)C(C)(C)C. The Balaban J connectivity index is 1.70. The zero-order valence-corrected chi connectivity index (χ0v) is 21.5. The molecule has 4 aromatic heterocycles. The van der Waals surface area contributed by atoms with E-state index in [0.717, 1.165) is 27.7 Å². The lowest BCUT2D eigenvalue weighted by Crippen LogP contribution is -2.25. The maximum atomic E-state index is 12.8. The second kappa shape index (κ2) is 9.09. The Labute approximate surface area is 201 Å². The van der Waals surface area contributed by atoms with E-state index in [1.165, 1.54) is 0 Å². The molecule has 0 aromatic carbocycles. The number of pyridine rings is 1. The molecule has 0 aliphatic carbocycles. The average Bonchev–Trinajstić information content (AvgIpc) is 3.48. The van der Waals surface area contributed by atoms with E-state index < -0.39 is 0 Å².